The van der Waals surface area contributed by atoms with Crippen LogP contribution in [0.3, 0.4) is 0 Å². The lowest BCUT2D eigenvalue weighted by Gasteiger charge is -2.35. The van der Waals surface area contributed by atoms with Gasteiger partial charge in [-0.25, -0.2) is 4.98 Å². The predicted molar refractivity (Wildman–Crippen MR) is 175 cm³/mol. The van der Waals surface area contributed by atoms with Gasteiger partial charge in [-0.3, -0.25) is 9.59 Å². The van der Waals surface area contributed by atoms with Crippen molar-refractivity contribution in [2.75, 3.05) is 48.3 Å². The van der Waals surface area contributed by atoms with E-state index in [9.17, 15) is 9.59 Å². The molecular formula is C35H46N6O2. The molecule has 3 aliphatic rings. The first-order valence-corrected chi connectivity index (χ1v) is 16.2. The van der Waals surface area contributed by atoms with Crippen molar-refractivity contribution >= 4 is 28.8 Å². The Morgan fingerprint density at radius 3 is 2.40 bits per heavy atom. The van der Waals surface area contributed by atoms with Gasteiger partial charge in [-0.15, -0.1) is 0 Å². The van der Waals surface area contributed by atoms with E-state index in [2.05, 4.69) is 38.4 Å². The van der Waals surface area contributed by atoms with Crippen molar-refractivity contribution < 1.29 is 4.79 Å². The molecule has 8 nitrogen and oxygen atoms in total. The average Bonchev–Trinajstić information content (AvgIpc) is 3.31. The number of nitrogens with zero attached hydrogens (tertiary/aromatic N) is 4. The maximum Gasteiger partial charge on any atom is 0.274 e. The standard InChI is InChI=1S/C35H46N6O2/c1-4-40-15-17-41(18-16-40)29-13-14-33(36-22-29)37-32-21-28(23-39(3)35(32)43)30-11-8-12-31(24(30)2)38-34(42)27-19-25-9-6-5-7-10-26(25)20-27/h8,11-14,21-23,25-27H,4-7,9-10,15-20H2,1-3H3,(H,36,37)(H,38,42). The summed E-state index contributed by atoms with van der Waals surface area (Å²) in [5.74, 6) is 2.31. The van der Waals surface area contributed by atoms with Crippen LogP contribution in [0.2, 0.25) is 0 Å². The molecule has 0 radical (unpaired) electrons. The summed E-state index contributed by atoms with van der Waals surface area (Å²) < 4.78 is 1.60. The second-order valence-electron chi connectivity index (χ2n) is 12.8. The first-order chi connectivity index (χ1) is 20.9. The monoisotopic (exact) mass is 582 g/mol. The number of hydrogen-bond donors (Lipinski definition) is 2. The number of anilines is 4. The Kier molecular flexibility index (Phi) is 8.84. The van der Waals surface area contributed by atoms with Gasteiger partial charge in [0.05, 0.1) is 11.9 Å². The molecule has 2 unspecified atom stereocenters. The van der Waals surface area contributed by atoms with E-state index in [4.69, 9.17) is 0 Å². The molecule has 43 heavy (non-hydrogen) atoms. The van der Waals surface area contributed by atoms with Gasteiger partial charge in [-0.1, -0.05) is 51.2 Å². The van der Waals surface area contributed by atoms with Crippen molar-refractivity contribution in [1.29, 1.82) is 0 Å². The lowest BCUT2D eigenvalue weighted by Crippen LogP contribution is -2.46. The largest absolute Gasteiger partial charge is 0.368 e. The zero-order valence-corrected chi connectivity index (χ0v) is 25.9. The maximum absolute atomic E-state index is 13.4. The fourth-order valence-electron chi connectivity index (χ4n) is 7.50. The summed E-state index contributed by atoms with van der Waals surface area (Å²) in [4.78, 5) is 35.9. The SMILES string of the molecule is CCN1CCN(c2ccc(Nc3cc(-c4cccc(NC(=O)C5CC6CCCCCC6C5)c4C)cn(C)c3=O)nc2)CC1. The van der Waals surface area contributed by atoms with Crippen LogP contribution in [0.4, 0.5) is 22.9 Å². The van der Waals surface area contributed by atoms with Crippen LogP contribution in [0, 0.1) is 24.7 Å². The Morgan fingerprint density at radius 1 is 0.977 bits per heavy atom. The van der Waals surface area contributed by atoms with Crippen LogP contribution >= 0.6 is 0 Å². The van der Waals surface area contributed by atoms with E-state index in [0.717, 1.165) is 73.6 Å². The summed E-state index contributed by atoms with van der Waals surface area (Å²) in [5, 5.41) is 6.53. The molecular weight excluding hydrogens is 536 g/mol. The molecule has 1 saturated heterocycles. The van der Waals surface area contributed by atoms with Crippen LogP contribution in [-0.4, -0.2) is 53.1 Å². The van der Waals surface area contributed by atoms with E-state index in [0.29, 0.717) is 23.3 Å². The second-order valence-corrected chi connectivity index (χ2v) is 12.8. The fraction of sp³-hybridized carbons (Fsp3) is 0.514. The second kappa shape index (κ2) is 12.9. The summed E-state index contributed by atoms with van der Waals surface area (Å²) in [7, 11) is 1.77. The summed E-state index contributed by atoms with van der Waals surface area (Å²) in [6, 6.07) is 11.9. The molecule has 2 aromatic heterocycles. The predicted octanol–water partition coefficient (Wildman–Crippen LogP) is 6.19. The third-order valence-corrected chi connectivity index (χ3v) is 10.1. The molecule has 2 saturated carbocycles. The van der Waals surface area contributed by atoms with Crippen molar-refractivity contribution in [3.8, 4) is 11.1 Å². The third kappa shape index (κ3) is 6.49. The lowest BCUT2D eigenvalue weighted by atomic mass is 9.92. The van der Waals surface area contributed by atoms with Crippen molar-refractivity contribution in [3.63, 3.8) is 0 Å². The van der Waals surface area contributed by atoms with Gasteiger partial charge in [-0.2, -0.15) is 0 Å². The summed E-state index contributed by atoms with van der Waals surface area (Å²) in [6.45, 7) is 9.44. The lowest BCUT2D eigenvalue weighted by molar-refractivity contribution is -0.119. The Hall–Kier alpha value is -3.65. The van der Waals surface area contributed by atoms with Crippen LogP contribution in [0.5, 0.6) is 0 Å². The number of carbonyl (C=O) groups is 1. The highest BCUT2D eigenvalue weighted by Crippen LogP contribution is 2.44. The van der Waals surface area contributed by atoms with Gasteiger partial charge < -0.3 is 25.0 Å². The Balaban J connectivity index is 1.17. The quantitative estimate of drug-likeness (QED) is 0.346. The molecule has 1 amide bonds. The van der Waals surface area contributed by atoms with Gasteiger partial charge in [0.25, 0.3) is 5.56 Å². The Labute approximate surface area is 255 Å². The molecule has 0 spiro atoms. The topological polar surface area (TPSA) is 82.5 Å². The first kappa shape index (κ1) is 29.4. The van der Waals surface area contributed by atoms with Crippen molar-refractivity contribution in [3.05, 3.63) is 64.7 Å². The summed E-state index contributed by atoms with van der Waals surface area (Å²) >= 11 is 0. The highest BCUT2D eigenvalue weighted by atomic mass is 16.2. The molecule has 3 fully saturated rings. The minimum Gasteiger partial charge on any atom is -0.368 e. The van der Waals surface area contributed by atoms with Crippen LogP contribution in [0.25, 0.3) is 11.1 Å². The third-order valence-electron chi connectivity index (χ3n) is 10.1. The number of amides is 1. The highest BCUT2D eigenvalue weighted by molar-refractivity contribution is 5.94. The molecule has 1 aromatic carbocycles. The highest BCUT2D eigenvalue weighted by Gasteiger charge is 2.38. The maximum atomic E-state index is 13.4. The van der Waals surface area contributed by atoms with E-state index in [-0.39, 0.29) is 17.4 Å². The van der Waals surface area contributed by atoms with E-state index in [1.54, 1.807) is 11.6 Å². The number of aryl methyl sites for hydroxylation is 1. The van der Waals surface area contributed by atoms with Crippen molar-refractivity contribution in [2.45, 2.75) is 58.8 Å². The summed E-state index contributed by atoms with van der Waals surface area (Å²) in [6.07, 6.45) is 12.3. The van der Waals surface area contributed by atoms with Crippen LogP contribution in [0.15, 0.2) is 53.6 Å². The first-order valence-electron chi connectivity index (χ1n) is 16.2. The molecule has 6 rings (SSSR count). The van der Waals surface area contributed by atoms with Crippen molar-refractivity contribution in [2.24, 2.45) is 24.8 Å². The minimum absolute atomic E-state index is 0.101. The number of aromatic nitrogens is 2. The van der Waals surface area contributed by atoms with Crippen LogP contribution in [-0.2, 0) is 11.8 Å². The Morgan fingerprint density at radius 2 is 1.72 bits per heavy atom. The number of rotatable bonds is 7. The summed E-state index contributed by atoms with van der Waals surface area (Å²) in [5.41, 5.74) is 5.19. The molecule has 2 N–H and O–H groups in total. The van der Waals surface area contributed by atoms with E-state index in [1.165, 1.54) is 32.1 Å². The fourth-order valence-corrected chi connectivity index (χ4v) is 7.50. The number of carbonyl (C=O) groups excluding carboxylic acids is 1. The average molecular weight is 583 g/mol. The van der Waals surface area contributed by atoms with Gasteiger partial charge in [0.15, 0.2) is 0 Å². The molecule has 8 heteroatoms. The van der Waals surface area contributed by atoms with Gasteiger partial charge >= 0.3 is 0 Å². The molecule has 2 aliphatic carbocycles. The van der Waals surface area contributed by atoms with E-state index in [1.807, 2.05) is 49.6 Å². The smallest absolute Gasteiger partial charge is 0.274 e. The molecule has 2 atom stereocenters. The molecule has 0 bridgehead atoms. The Bertz CT molecular complexity index is 1480. The molecule has 1 aliphatic heterocycles. The van der Waals surface area contributed by atoms with Crippen molar-refractivity contribution in [1.82, 2.24) is 14.5 Å². The zero-order valence-electron chi connectivity index (χ0n) is 25.9. The van der Waals surface area contributed by atoms with Crippen LogP contribution < -0.4 is 21.1 Å². The van der Waals surface area contributed by atoms with Gasteiger partial charge in [0, 0.05) is 56.6 Å². The van der Waals surface area contributed by atoms with Gasteiger partial charge in [0.2, 0.25) is 5.91 Å². The minimum atomic E-state index is -0.120. The normalized spacial score (nSPS) is 22.6. The van der Waals surface area contributed by atoms with E-state index >= 15 is 0 Å². The van der Waals surface area contributed by atoms with Gasteiger partial charge in [0.1, 0.15) is 11.5 Å². The molecule has 3 heterocycles. The zero-order chi connectivity index (χ0) is 29.9. The number of nitrogens with one attached hydrogen (secondary N) is 2. The van der Waals surface area contributed by atoms with Gasteiger partial charge in [-0.05, 0) is 73.5 Å². The number of likely N-dealkylation sites (N-methyl/N-ethyl adjacent to an activating group) is 1. The molecule has 228 valence electrons. The number of pyridine rings is 2. The van der Waals surface area contributed by atoms with E-state index < -0.39 is 0 Å². The number of piperazine rings is 1. The van der Waals surface area contributed by atoms with Crippen LogP contribution in [0.1, 0.15) is 57.4 Å². The number of benzene rings is 1. The number of fused-ring (bicyclic) bond motifs is 1. The molecule has 3 aromatic rings. The number of hydrogen-bond acceptors (Lipinski definition) is 6.